The average molecular weight is 277 g/mol. The van der Waals surface area contributed by atoms with Crippen LogP contribution in [0.15, 0.2) is 16.8 Å². The van der Waals surface area contributed by atoms with Gasteiger partial charge >= 0.3 is 0 Å². The first-order valence-electron chi connectivity index (χ1n) is 8.11. The lowest BCUT2D eigenvalue weighted by atomic mass is 9.81. The number of fused-ring (bicyclic) bond motifs is 2. The van der Waals surface area contributed by atoms with Gasteiger partial charge in [-0.25, -0.2) is 0 Å². The van der Waals surface area contributed by atoms with Crippen LogP contribution < -0.4 is 5.32 Å². The summed E-state index contributed by atoms with van der Waals surface area (Å²) in [5.41, 5.74) is 1.54. The van der Waals surface area contributed by atoms with E-state index >= 15 is 0 Å². The van der Waals surface area contributed by atoms with E-state index in [2.05, 4.69) is 29.1 Å². The zero-order valence-corrected chi connectivity index (χ0v) is 12.9. The Labute approximate surface area is 121 Å². The van der Waals surface area contributed by atoms with Gasteiger partial charge in [-0.15, -0.1) is 0 Å². The smallest absolute Gasteiger partial charge is 0.0101 e. The van der Waals surface area contributed by atoms with Crippen molar-refractivity contribution in [3.63, 3.8) is 0 Å². The molecule has 4 unspecified atom stereocenters. The molecule has 0 aromatic carbocycles. The summed E-state index contributed by atoms with van der Waals surface area (Å²) < 4.78 is 0. The third kappa shape index (κ3) is 3.22. The third-order valence-corrected chi connectivity index (χ3v) is 6.02. The molecule has 0 spiro atoms. The summed E-state index contributed by atoms with van der Waals surface area (Å²) in [7, 11) is 0. The van der Waals surface area contributed by atoms with E-state index in [0.717, 1.165) is 23.8 Å². The molecule has 2 saturated carbocycles. The maximum atomic E-state index is 3.86. The van der Waals surface area contributed by atoms with Crippen molar-refractivity contribution < 1.29 is 0 Å². The van der Waals surface area contributed by atoms with Crippen molar-refractivity contribution in [2.24, 2.45) is 17.8 Å². The second kappa shape index (κ2) is 6.41. The fourth-order valence-corrected chi connectivity index (χ4v) is 5.04. The third-order valence-electron chi connectivity index (χ3n) is 5.29. The van der Waals surface area contributed by atoms with Gasteiger partial charge in [0.15, 0.2) is 0 Å². The van der Waals surface area contributed by atoms with Crippen LogP contribution >= 0.6 is 11.3 Å². The minimum absolute atomic E-state index is 0.773. The molecule has 4 atom stereocenters. The van der Waals surface area contributed by atoms with Gasteiger partial charge in [-0.05, 0) is 85.2 Å². The van der Waals surface area contributed by atoms with Gasteiger partial charge < -0.3 is 5.32 Å². The van der Waals surface area contributed by atoms with Gasteiger partial charge in [0.1, 0.15) is 0 Å². The van der Waals surface area contributed by atoms with Crippen LogP contribution in [-0.2, 0) is 6.42 Å². The topological polar surface area (TPSA) is 12.0 Å². The largest absolute Gasteiger partial charge is 0.314 e. The summed E-state index contributed by atoms with van der Waals surface area (Å²) in [6.45, 7) is 3.48. The molecule has 2 bridgehead atoms. The Morgan fingerprint density at radius 2 is 2.32 bits per heavy atom. The molecule has 0 amide bonds. The molecule has 1 aromatic heterocycles. The first kappa shape index (κ1) is 13.6. The Morgan fingerprint density at radius 3 is 2.95 bits per heavy atom. The molecular formula is C17H27NS. The van der Waals surface area contributed by atoms with Gasteiger partial charge in [-0.1, -0.05) is 13.3 Å². The molecule has 0 radical (unpaired) electrons. The van der Waals surface area contributed by atoms with Crippen molar-refractivity contribution in [2.45, 2.75) is 57.9 Å². The zero-order valence-electron chi connectivity index (χ0n) is 12.1. The molecule has 1 N–H and O–H groups in total. The Morgan fingerprint density at radius 1 is 1.37 bits per heavy atom. The van der Waals surface area contributed by atoms with E-state index in [9.17, 15) is 0 Å². The lowest BCUT2D eigenvalue weighted by molar-refractivity contribution is 0.239. The highest BCUT2D eigenvalue weighted by atomic mass is 32.1. The number of hydrogen-bond donors (Lipinski definition) is 1. The Hall–Kier alpha value is -0.340. The molecule has 2 aliphatic carbocycles. The first-order valence-corrected chi connectivity index (χ1v) is 9.05. The van der Waals surface area contributed by atoms with Crippen molar-refractivity contribution in [1.29, 1.82) is 0 Å². The van der Waals surface area contributed by atoms with Crippen LogP contribution in [0.3, 0.4) is 0 Å². The molecule has 0 aliphatic heterocycles. The summed E-state index contributed by atoms with van der Waals surface area (Å²) >= 11 is 1.83. The summed E-state index contributed by atoms with van der Waals surface area (Å²) in [6, 6.07) is 3.07. The van der Waals surface area contributed by atoms with Crippen LogP contribution in [0.4, 0.5) is 0 Å². The monoisotopic (exact) mass is 277 g/mol. The summed E-state index contributed by atoms with van der Waals surface area (Å²) in [5, 5.41) is 8.39. The van der Waals surface area contributed by atoms with Gasteiger partial charge in [0.2, 0.25) is 0 Å². The maximum absolute atomic E-state index is 3.86. The molecule has 19 heavy (non-hydrogen) atoms. The van der Waals surface area contributed by atoms with Crippen molar-refractivity contribution in [1.82, 2.24) is 5.32 Å². The predicted octanol–water partition coefficient (Wildman–Crippen LogP) is 4.49. The quantitative estimate of drug-likeness (QED) is 0.774. The van der Waals surface area contributed by atoms with E-state index < -0.39 is 0 Å². The molecule has 1 aromatic rings. The van der Waals surface area contributed by atoms with Crippen LogP contribution in [0.25, 0.3) is 0 Å². The van der Waals surface area contributed by atoms with Crippen LogP contribution in [-0.4, -0.2) is 12.6 Å². The van der Waals surface area contributed by atoms with Gasteiger partial charge in [0.05, 0.1) is 0 Å². The van der Waals surface area contributed by atoms with Crippen LogP contribution in [0.5, 0.6) is 0 Å². The first-order chi connectivity index (χ1) is 9.36. The second-order valence-corrected chi connectivity index (χ2v) is 7.35. The highest BCUT2D eigenvalue weighted by molar-refractivity contribution is 7.07. The normalized spacial score (nSPS) is 30.9. The second-order valence-electron chi connectivity index (χ2n) is 6.57. The number of nitrogens with one attached hydrogen (secondary N) is 1. The fraction of sp³-hybridized carbons (Fsp3) is 0.765. The molecule has 3 rings (SSSR count). The van der Waals surface area contributed by atoms with Crippen molar-refractivity contribution in [3.8, 4) is 0 Å². The highest BCUT2D eigenvalue weighted by Gasteiger charge is 2.42. The SMILES string of the molecule is CCCNC(CCc1ccsc1)C1CC2CCC1C2. The van der Waals surface area contributed by atoms with E-state index in [0.29, 0.717) is 0 Å². The van der Waals surface area contributed by atoms with Crippen LogP contribution in [0.2, 0.25) is 0 Å². The minimum Gasteiger partial charge on any atom is -0.314 e. The Bertz CT molecular complexity index is 373. The van der Waals surface area contributed by atoms with Gasteiger partial charge in [0.25, 0.3) is 0 Å². The van der Waals surface area contributed by atoms with Crippen molar-refractivity contribution >= 4 is 11.3 Å². The lowest BCUT2D eigenvalue weighted by Crippen LogP contribution is -2.39. The Balaban J connectivity index is 1.57. The Kier molecular flexibility index (Phi) is 4.60. The van der Waals surface area contributed by atoms with Crippen molar-refractivity contribution in [3.05, 3.63) is 22.4 Å². The summed E-state index contributed by atoms with van der Waals surface area (Å²) in [5.74, 6) is 3.09. The summed E-state index contributed by atoms with van der Waals surface area (Å²) in [4.78, 5) is 0. The van der Waals surface area contributed by atoms with Crippen LogP contribution in [0.1, 0.15) is 51.0 Å². The predicted molar refractivity (Wildman–Crippen MR) is 83.7 cm³/mol. The van der Waals surface area contributed by atoms with E-state index in [-0.39, 0.29) is 0 Å². The van der Waals surface area contributed by atoms with Crippen molar-refractivity contribution in [2.75, 3.05) is 6.54 Å². The molecule has 1 heterocycles. The molecule has 2 aliphatic rings. The van der Waals surface area contributed by atoms with Gasteiger partial charge in [-0.3, -0.25) is 0 Å². The van der Waals surface area contributed by atoms with E-state index in [4.69, 9.17) is 0 Å². The zero-order chi connectivity index (χ0) is 13.1. The maximum Gasteiger partial charge on any atom is 0.0101 e. The van der Waals surface area contributed by atoms with E-state index in [1.165, 1.54) is 57.1 Å². The average Bonchev–Trinajstić information content (AvgIpc) is 3.16. The number of rotatable bonds is 7. The molecule has 106 valence electrons. The number of thiophene rings is 1. The standard InChI is InChI=1S/C17H27NS/c1-2-8-18-17(6-4-13-7-9-19-12-13)16-11-14-3-5-15(16)10-14/h7,9,12,14-18H,2-6,8,10-11H2,1H3. The molecular weight excluding hydrogens is 250 g/mol. The molecule has 0 saturated heterocycles. The van der Waals surface area contributed by atoms with E-state index in [1.807, 2.05) is 11.3 Å². The molecule has 2 heteroatoms. The summed E-state index contributed by atoms with van der Waals surface area (Å²) in [6.07, 6.45) is 9.94. The van der Waals surface area contributed by atoms with Gasteiger partial charge in [-0.2, -0.15) is 11.3 Å². The molecule has 2 fully saturated rings. The fourth-order valence-electron chi connectivity index (χ4n) is 4.34. The van der Waals surface area contributed by atoms with Crippen LogP contribution in [0, 0.1) is 17.8 Å². The molecule has 1 nitrogen and oxygen atoms in total. The highest BCUT2D eigenvalue weighted by Crippen LogP contribution is 2.50. The van der Waals surface area contributed by atoms with E-state index in [1.54, 1.807) is 0 Å². The number of aryl methyl sites for hydroxylation is 1. The lowest BCUT2D eigenvalue weighted by Gasteiger charge is -2.31. The minimum atomic E-state index is 0.773. The number of hydrogen-bond acceptors (Lipinski definition) is 2. The van der Waals surface area contributed by atoms with Gasteiger partial charge in [0, 0.05) is 6.04 Å².